The van der Waals surface area contributed by atoms with E-state index in [4.69, 9.17) is 9.47 Å². The number of ether oxygens (including phenoxy) is 2. The van der Waals surface area contributed by atoms with Gasteiger partial charge in [-0.2, -0.15) is 0 Å². The lowest BCUT2D eigenvalue weighted by Crippen LogP contribution is -2.27. The highest BCUT2D eigenvalue weighted by atomic mass is 32.1. The molecule has 0 bridgehead atoms. The number of thiazole rings is 1. The van der Waals surface area contributed by atoms with E-state index in [1.54, 1.807) is 25.6 Å². The molecule has 4 nitrogen and oxygen atoms in total. The van der Waals surface area contributed by atoms with Crippen LogP contribution in [0.1, 0.15) is 43.5 Å². The summed E-state index contributed by atoms with van der Waals surface area (Å²) in [6, 6.07) is 6.51. The van der Waals surface area contributed by atoms with Crippen LogP contribution in [0.3, 0.4) is 0 Å². The minimum Gasteiger partial charge on any atom is -0.497 e. The van der Waals surface area contributed by atoms with Gasteiger partial charge in [0.05, 0.1) is 19.1 Å². The smallest absolute Gasteiger partial charge is 0.127 e. The average molecular weight is 346 g/mol. The van der Waals surface area contributed by atoms with Crippen molar-refractivity contribution in [3.8, 4) is 21.9 Å². The van der Waals surface area contributed by atoms with Crippen LogP contribution in [-0.4, -0.2) is 25.2 Å². The zero-order valence-electron chi connectivity index (χ0n) is 14.5. The van der Waals surface area contributed by atoms with Gasteiger partial charge in [-0.05, 0) is 31.0 Å². The van der Waals surface area contributed by atoms with Crippen LogP contribution in [0.4, 0.5) is 0 Å². The van der Waals surface area contributed by atoms with Crippen molar-refractivity contribution < 1.29 is 9.47 Å². The van der Waals surface area contributed by atoms with Crippen LogP contribution in [0, 0.1) is 0 Å². The normalized spacial score (nSPS) is 15.9. The quantitative estimate of drug-likeness (QED) is 0.774. The van der Waals surface area contributed by atoms with Gasteiger partial charge in [0.2, 0.25) is 0 Å². The monoisotopic (exact) mass is 346 g/mol. The fourth-order valence-electron chi connectivity index (χ4n) is 3.24. The molecule has 1 aliphatic rings. The molecule has 0 unspecified atom stereocenters. The number of hydrogen-bond acceptors (Lipinski definition) is 5. The molecule has 0 aliphatic heterocycles. The summed E-state index contributed by atoms with van der Waals surface area (Å²) in [6.45, 7) is 0.849. The molecule has 3 rings (SSSR count). The lowest BCUT2D eigenvalue weighted by atomic mass is 10.1. The molecule has 1 saturated carbocycles. The van der Waals surface area contributed by atoms with E-state index in [9.17, 15) is 0 Å². The first-order chi connectivity index (χ1) is 11.8. The molecule has 0 spiro atoms. The Labute approximate surface area is 148 Å². The third-order valence-corrected chi connectivity index (χ3v) is 5.65. The van der Waals surface area contributed by atoms with Crippen LogP contribution in [-0.2, 0) is 6.54 Å². The molecule has 1 fully saturated rings. The summed E-state index contributed by atoms with van der Waals surface area (Å²) >= 11 is 1.72. The molecule has 0 amide bonds. The van der Waals surface area contributed by atoms with E-state index in [1.807, 2.05) is 24.4 Å². The van der Waals surface area contributed by atoms with E-state index >= 15 is 0 Å². The summed E-state index contributed by atoms with van der Waals surface area (Å²) in [5.41, 5.74) is 1.04. The standard InChI is InChI=1S/C19H26N2O2S/c1-22-15-9-10-17(23-2)16(11-15)18-12-21-19(24-18)13-20-14-7-5-3-4-6-8-14/h9-12,14,20H,3-8,13H2,1-2H3. The largest absolute Gasteiger partial charge is 0.497 e. The number of nitrogens with one attached hydrogen (secondary N) is 1. The first-order valence-corrected chi connectivity index (χ1v) is 9.52. The van der Waals surface area contributed by atoms with Crippen LogP contribution in [0.2, 0.25) is 0 Å². The molecule has 24 heavy (non-hydrogen) atoms. The Hall–Kier alpha value is -1.59. The maximum atomic E-state index is 5.49. The second kappa shape index (κ2) is 8.49. The van der Waals surface area contributed by atoms with Crippen LogP contribution in [0.5, 0.6) is 11.5 Å². The van der Waals surface area contributed by atoms with Gasteiger partial charge in [-0.15, -0.1) is 11.3 Å². The number of methoxy groups -OCH3 is 2. The molecule has 1 N–H and O–H groups in total. The summed E-state index contributed by atoms with van der Waals surface area (Å²) in [7, 11) is 3.38. The summed E-state index contributed by atoms with van der Waals surface area (Å²) in [4.78, 5) is 5.71. The summed E-state index contributed by atoms with van der Waals surface area (Å²) in [6.07, 6.45) is 9.99. The molecular formula is C19H26N2O2S. The van der Waals surface area contributed by atoms with Crippen LogP contribution < -0.4 is 14.8 Å². The third-order valence-electron chi connectivity index (χ3n) is 4.62. The molecule has 1 heterocycles. The SMILES string of the molecule is COc1ccc(OC)c(-c2cnc(CNC3CCCCCC3)s2)c1. The molecule has 0 atom stereocenters. The first kappa shape index (κ1) is 17.2. The Morgan fingerprint density at radius 1 is 1.12 bits per heavy atom. The van der Waals surface area contributed by atoms with E-state index in [-0.39, 0.29) is 0 Å². The molecule has 2 aromatic rings. The fourth-order valence-corrected chi connectivity index (χ4v) is 4.13. The topological polar surface area (TPSA) is 43.4 Å². The summed E-state index contributed by atoms with van der Waals surface area (Å²) < 4.78 is 10.8. The van der Waals surface area contributed by atoms with Crippen molar-refractivity contribution in [2.24, 2.45) is 0 Å². The number of hydrogen-bond donors (Lipinski definition) is 1. The van der Waals surface area contributed by atoms with Crippen LogP contribution in [0.15, 0.2) is 24.4 Å². The molecular weight excluding hydrogens is 320 g/mol. The van der Waals surface area contributed by atoms with E-state index in [1.165, 1.54) is 38.5 Å². The van der Waals surface area contributed by atoms with Gasteiger partial charge < -0.3 is 14.8 Å². The summed E-state index contributed by atoms with van der Waals surface area (Å²) in [5, 5.41) is 4.81. The molecule has 1 aromatic carbocycles. The van der Waals surface area contributed by atoms with Gasteiger partial charge in [0.15, 0.2) is 0 Å². The zero-order valence-corrected chi connectivity index (χ0v) is 15.3. The van der Waals surface area contributed by atoms with Crippen molar-refractivity contribution in [2.75, 3.05) is 14.2 Å². The van der Waals surface area contributed by atoms with E-state index in [0.717, 1.165) is 33.5 Å². The lowest BCUT2D eigenvalue weighted by Gasteiger charge is -2.14. The Bertz CT molecular complexity index is 649. The van der Waals surface area contributed by atoms with Gasteiger partial charge >= 0.3 is 0 Å². The molecule has 5 heteroatoms. The maximum Gasteiger partial charge on any atom is 0.127 e. The highest BCUT2D eigenvalue weighted by Crippen LogP contribution is 2.36. The van der Waals surface area contributed by atoms with Crippen LogP contribution in [0.25, 0.3) is 10.4 Å². The predicted molar refractivity (Wildman–Crippen MR) is 99.0 cm³/mol. The van der Waals surface area contributed by atoms with Gasteiger partial charge in [-0.25, -0.2) is 4.98 Å². The van der Waals surface area contributed by atoms with E-state index in [2.05, 4.69) is 10.3 Å². The Kier molecular flexibility index (Phi) is 6.10. The average Bonchev–Trinajstić information content (AvgIpc) is 2.94. The molecule has 1 aromatic heterocycles. The third kappa shape index (κ3) is 4.28. The Morgan fingerprint density at radius 2 is 1.92 bits per heavy atom. The first-order valence-electron chi connectivity index (χ1n) is 8.70. The van der Waals surface area contributed by atoms with E-state index < -0.39 is 0 Å². The van der Waals surface area contributed by atoms with Gasteiger partial charge in [0.1, 0.15) is 16.5 Å². The number of rotatable bonds is 6. The van der Waals surface area contributed by atoms with Crippen molar-refractivity contribution in [1.29, 1.82) is 0 Å². The van der Waals surface area contributed by atoms with Crippen molar-refractivity contribution >= 4 is 11.3 Å². The fraction of sp³-hybridized carbons (Fsp3) is 0.526. The Balaban J connectivity index is 1.68. The van der Waals surface area contributed by atoms with Gasteiger partial charge in [0, 0.05) is 24.3 Å². The van der Waals surface area contributed by atoms with Crippen molar-refractivity contribution in [2.45, 2.75) is 51.1 Å². The summed E-state index contributed by atoms with van der Waals surface area (Å²) in [5.74, 6) is 1.68. The maximum absolute atomic E-state index is 5.49. The van der Waals surface area contributed by atoms with Crippen LogP contribution >= 0.6 is 11.3 Å². The van der Waals surface area contributed by atoms with Crippen molar-refractivity contribution in [3.05, 3.63) is 29.4 Å². The molecule has 1 aliphatic carbocycles. The zero-order chi connectivity index (χ0) is 16.8. The Morgan fingerprint density at radius 3 is 2.62 bits per heavy atom. The number of aromatic nitrogens is 1. The minimum absolute atomic E-state index is 0.645. The predicted octanol–water partition coefficient (Wildman–Crippen LogP) is 4.64. The highest BCUT2D eigenvalue weighted by Gasteiger charge is 2.14. The van der Waals surface area contributed by atoms with Crippen molar-refractivity contribution in [1.82, 2.24) is 10.3 Å². The number of nitrogens with zero attached hydrogens (tertiary/aromatic N) is 1. The van der Waals surface area contributed by atoms with Crippen molar-refractivity contribution in [3.63, 3.8) is 0 Å². The second-order valence-corrected chi connectivity index (χ2v) is 7.37. The highest BCUT2D eigenvalue weighted by molar-refractivity contribution is 7.15. The molecule has 0 radical (unpaired) electrons. The van der Waals surface area contributed by atoms with Gasteiger partial charge in [-0.1, -0.05) is 25.7 Å². The van der Waals surface area contributed by atoms with Gasteiger partial charge in [-0.3, -0.25) is 0 Å². The second-order valence-electron chi connectivity index (χ2n) is 6.25. The number of benzene rings is 1. The minimum atomic E-state index is 0.645. The lowest BCUT2D eigenvalue weighted by molar-refractivity contribution is 0.404. The van der Waals surface area contributed by atoms with Gasteiger partial charge in [0.25, 0.3) is 0 Å². The molecule has 0 saturated heterocycles. The molecule has 130 valence electrons. The van der Waals surface area contributed by atoms with E-state index in [0.29, 0.717) is 6.04 Å².